The Morgan fingerprint density at radius 3 is 2.83 bits per heavy atom. The molecule has 0 aliphatic heterocycles. The molecule has 1 heterocycles. The van der Waals surface area contributed by atoms with Gasteiger partial charge in [-0.3, -0.25) is 0 Å². The summed E-state index contributed by atoms with van der Waals surface area (Å²) in [5, 5.41) is 3.73. The molecule has 2 unspecified atom stereocenters. The number of hydrogen-bond acceptors (Lipinski definition) is 3. The summed E-state index contributed by atoms with van der Waals surface area (Å²) < 4.78 is 0. The van der Waals surface area contributed by atoms with Gasteiger partial charge in [-0.05, 0) is 56.9 Å². The minimum absolute atomic E-state index is 0.507. The number of hydrogen-bond donors (Lipinski definition) is 1. The van der Waals surface area contributed by atoms with Crippen molar-refractivity contribution >= 4 is 23.1 Å². The molecule has 1 nitrogen and oxygen atoms in total. The number of nitrogens with one attached hydrogen (secondary N) is 1. The molecule has 0 fully saturated rings. The first-order chi connectivity index (χ1) is 8.70. The van der Waals surface area contributed by atoms with E-state index in [0.29, 0.717) is 12.1 Å². The van der Waals surface area contributed by atoms with E-state index in [9.17, 15) is 0 Å². The van der Waals surface area contributed by atoms with Crippen molar-refractivity contribution in [1.29, 1.82) is 0 Å². The molecule has 18 heavy (non-hydrogen) atoms. The van der Waals surface area contributed by atoms with Crippen LogP contribution in [0.5, 0.6) is 0 Å². The molecular formula is C15H25NS2. The zero-order valence-corrected chi connectivity index (χ0v) is 13.4. The van der Waals surface area contributed by atoms with Gasteiger partial charge in [-0.2, -0.15) is 11.8 Å². The molecule has 102 valence electrons. The number of thiophene rings is 1. The van der Waals surface area contributed by atoms with Crippen LogP contribution >= 0.6 is 23.1 Å². The van der Waals surface area contributed by atoms with Crippen molar-refractivity contribution in [2.45, 2.75) is 58.5 Å². The van der Waals surface area contributed by atoms with Gasteiger partial charge in [0.15, 0.2) is 0 Å². The van der Waals surface area contributed by atoms with Crippen molar-refractivity contribution in [3.63, 3.8) is 0 Å². The Kier molecular flexibility index (Phi) is 5.58. The standard InChI is InChI=1S/C15H25NS2/c1-4-17-10-11(2)16-12(3)15-9-13-7-5-6-8-14(13)18-15/h9,11-12,16H,4-8,10H2,1-3H3. The van der Waals surface area contributed by atoms with Crippen molar-refractivity contribution in [2.75, 3.05) is 11.5 Å². The predicted molar refractivity (Wildman–Crippen MR) is 85.0 cm³/mol. The van der Waals surface area contributed by atoms with Crippen LogP contribution in [0.15, 0.2) is 6.07 Å². The highest BCUT2D eigenvalue weighted by Gasteiger charge is 2.17. The molecule has 1 aliphatic rings. The average molecular weight is 284 g/mol. The maximum Gasteiger partial charge on any atom is 0.0388 e. The van der Waals surface area contributed by atoms with Gasteiger partial charge in [0.05, 0.1) is 0 Å². The molecule has 0 aromatic carbocycles. The molecule has 2 rings (SSSR count). The van der Waals surface area contributed by atoms with Crippen molar-refractivity contribution < 1.29 is 0 Å². The van der Waals surface area contributed by atoms with Gasteiger partial charge in [0.1, 0.15) is 0 Å². The zero-order valence-electron chi connectivity index (χ0n) is 11.8. The molecule has 0 saturated carbocycles. The summed E-state index contributed by atoms with van der Waals surface area (Å²) in [6, 6.07) is 3.56. The van der Waals surface area contributed by atoms with E-state index in [4.69, 9.17) is 0 Å². The lowest BCUT2D eigenvalue weighted by Crippen LogP contribution is -2.30. The van der Waals surface area contributed by atoms with Gasteiger partial charge < -0.3 is 5.32 Å². The van der Waals surface area contributed by atoms with E-state index in [0.717, 1.165) is 0 Å². The summed E-state index contributed by atoms with van der Waals surface area (Å²) in [5.41, 5.74) is 1.63. The number of rotatable bonds is 6. The van der Waals surface area contributed by atoms with Gasteiger partial charge >= 0.3 is 0 Å². The number of thioether (sulfide) groups is 1. The highest BCUT2D eigenvalue weighted by molar-refractivity contribution is 7.99. The lowest BCUT2D eigenvalue weighted by molar-refractivity contribution is 0.517. The minimum atomic E-state index is 0.507. The zero-order chi connectivity index (χ0) is 13.0. The molecule has 1 aromatic heterocycles. The molecule has 1 aromatic rings. The summed E-state index contributed by atoms with van der Waals surface area (Å²) in [4.78, 5) is 3.19. The first kappa shape index (κ1) is 14.4. The van der Waals surface area contributed by atoms with Crippen LogP contribution in [-0.2, 0) is 12.8 Å². The predicted octanol–water partition coefficient (Wildman–Crippen LogP) is 4.42. The average Bonchev–Trinajstić information content (AvgIpc) is 2.80. The lowest BCUT2D eigenvalue weighted by Gasteiger charge is -2.18. The van der Waals surface area contributed by atoms with Crippen LogP contribution in [-0.4, -0.2) is 17.5 Å². The Labute approximate surface area is 120 Å². The van der Waals surface area contributed by atoms with Crippen LogP contribution in [0.2, 0.25) is 0 Å². The molecule has 0 saturated heterocycles. The second-order valence-electron chi connectivity index (χ2n) is 5.25. The smallest absolute Gasteiger partial charge is 0.0388 e. The molecule has 0 spiro atoms. The molecule has 3 heteroatoms. The quantitative estimate of drug-likeness (QED) is 0.829. The fraction of sp³-hybridized carbons (Fsp3) is 0.733. The fourth-order valence-corrected chi connectivity index (χ4v) is 4.53. The van der Waals surface area contributed by atoms with Gasteiger partial charge in [-0.15, -0.1) is 11.3 Å². The third-order valence-corrected chi connectivity index (χ3v) is 6.11. The molecule has 1 N–H and O–H groups in total. The van der Waals surface area contributed by atoms with Crippen molar-refractivity contribution in [2.24, 2.45) is 0 Å². The van der Waals surface area contributed by atoms with Gasteiger partial charge in [0.25, 0.3) is 0 Å². The summed E-state index contributed by atoms with van der Waals surface area (Å²) >= 11 is 4.06. The highest BCUT2D eigenvalue weighted by atomic mass is 32.2. The third kappa shape index (κ3) is 3.75. The normalized spacial score (nSPS) is 18.4. The van der Waals surface area contributed by atoms with E-state index in [-0.39, 0.29) is 0 Å². The van der Waals surface area contributed by atoms with Gasteiger partial charge in [0, 0.05) is 27.6 Å². The third-order valence-electron chi connectivity index (χ3n) is 3.55. The van der Waals surface area contributed by atoms with E-state index in [2.05, 4.69) is 32.2 Å². The van der Waals surface area contributed by atoms with E-state index in [1.54, 1.807) is 10.4 Å². The van der Waals surface area contributed by atoms with Crippen LogP contribution in [0, 0.1) is 0 Å². The Hall–Kier alpha value is 0.01000. The van der Waals surface area contributed by atoms with Gasteiger partial charge in [-0.25, -0.2) is 0 Å². The minimum Gasteiger partial charge on any atom is -0.306 e. The summed E-state index contributed by atoms with van der Waals surface area (Å²) in [6.07, 6.45) is 5.39. The van der Waals surface area contributed by atoms with Crippen molar-refractivity contribution in [3.05, 3.63) is 21.4 Å². The van der Waals surface area contributed by atoms with Crippen molar-refractivity contribution in [1.82, 2.24) is 5.32 Å². The summed E-state index contributed by atoms with van der Waals surface area (Å²) in [7, 11) is 0. The van der Waals surface area contributed by atoms with Gasteiger partial charge in [0.2, 0.25) is 0 Å². The summed E-state index contributed by atoms with van der Waals surface area (Å²) in [5.74, 6) is 2.43. The SMILES string of the molecule is CCSCC(C)NC(C)c1cc2c(s1)CCCC2. The molecule has 2 atom stereocenters. The first-order valence-electron chi connectivity index (χ1n) is 7.16. The topological polar surface area (TPSA) is 12.0 Å². The van der Waals surface area contributed by atoms with Crippen LogP contribution in [0.3, 0.4) is 0 Å². The van der Waals surface area contributed by atoms with E-state index in [1.807, 2.05) is 23.1 Å². The summed E-state index contributed by atoms with van der Waals surface area (Å²) in [6.45, 7) is 6.84. The number of aryl methyl sites for hydroxylation is 2. The Morgan fingerprint density at radius 1 is 1.33 bits per heavy atom. The van der Waals surface area contributed by atoms with Crippen LogP contribution in [0.1, 0.15) is 55.0 Å². The molecule has 0 amide bonds. The molecule has 1 aliphatic carbocycles. The second kappa shape index (κ2) is 6.97. The Balaban J connectivity index is 1.92. The molecular weight excluding hydrogens is 258 g/mol. The van der Waals surface area contributed by atoms with Crippen LogP contribution in [0.25, 0.3) is 0 Å². The van der Waals surface area contributed by atoms with Crippen LogP contribution in [0.4, 0.5) is 0 Å². The monoisotopic (exact) mass is 283 g/mol. The lowest BCUT2D eigenvalue weighted by atomic mass is 9.99. The van der Waals surface area contributed by atoms with Crippen LogP contribution < -0.4 is 5.32 Å². The Bertz CT molecular complexity index is 349. The first-order valence-corrected chi connectivity index (χ1v) is 9.13. The van der Waals surface area contributed by atoms with E-state index in [1.165, 1.54) is 42.1 Å². The Morgan fingerprint density at radius 2 is 2.11 bits per heavy atom. The van der Waals surface area contributed by atoms with E-state index < -0.39 is 0 Å². The molecule has 0 bridgehead atoms. The number of fused-ring (bicyclic) bond motifs is 1. The largest absolute Gasteiger partial charge is 0.306 e. The molecule has 0 radical (unpaired) electrons. The maximum absolute atomic E-state index is 3.73. The van der Waals surface area contributed by atoms with Crippen molar-refractivity contribution in [3.8, 4) is 0 Å². The maximum atomic E-state index is 3.73. The second-order valence-corrected chi connectivity index (χ2v) is 7.74. The highest BCUT2D eigenvalue weighted by Crippen LogP contribution is 2.32. The van der Waals surface area contributed by atoms with Gasteiger partial charge in [-0.1, -0.05) is 6.92 Å². The van der Waals surface area contributed by atoms with E-state index >= 15 is 0 Å². The fourth-order valence-electron chi connectivity index (χ4n) is 2.58.